The van der Waals surface area contributed by atoms with Crippen LogP contribution in [0, 0.1) is 0 Å². The SMILES string of the molecule is Cn1cccc1C1SCCN1C(=O)Nc1cccc(Cl)c1Cl. The topological polar surface area (TPSA) is 37.3 Å². The number of nitrogens with zero attached hydrogens (tertiary/aromatic N) is 2. The third kappa shape index (κ3) is 2.93. The van der Waals surface area contributed by atoms with E-state index >= 15 is 0 Å². The molecule has 1 aliphatic heterocycles. The van der Waals surface area contributed by atoms with E-state index in [0.29, 0.717) is 22.3 Å². The number of aryl methyl sites for hydroxylation is 1. The maximum Gasteiger partial charge on any atom is 0.323 e. The lowest BCUT2D eigenvalue weighted by atomic mass is 10.3. The highest BCUT2D eigenvalue weighted by atomic mass is 35.5. The van der Waals surface area contributed by atoms with Crippen LogP contribution in [0.25, 0.3) is 0 Å². The molecule has 1 unspecified atom stereocenters. The molecular weight excluding hydrogens is 341 g/mol. The Morgan fingerprint density at radius 3 is 2.86 bits per heavy atom. The van der Waals surface area contributed by atoms with Gasteiger partial charge in [-0.15, -0.1) is 11.8 Å². The van der Waals surface area contributed by atoms with Crippen LogP contribution in [0.5, 0.6) is 0 Å². The van der Waals surface area contributed by atoms with E-state index in [2.05, 4.69) is 5.32 Å². The van der Waals surface area contributed by atoms with Crippen molar-refractivity contribution in [2.45, 2.75) is 5.37 Å². The van der Waals surface area contributed by atoms with Gasteiger partial charge in [-0.2, -0.15) is 0 Å². The van der Waals surface area contributed by atoms with Gasteiger partial charge in [-0.05, 0) is 24.3 Å². The maximum absolute atomic E-state index is 12.6. The lowest BCUT2D eigenvalue weighted by Crippen LogP contribution is -2.35. The zero-order chi connectivity index (χ0) is 15.7. The number of halogens is 2. The molecule has 1 aromatic heterocycles. The molecule has 1 saturated heterocycles. The molecular formula is C15H15Cl2N3OS. The molecule has 116 valence electrons. The number of hydrogen-bond donors (Lipinski definition) is 1. The van der Waals surface area contributed by atoms with Crippen LogP contribution in [0.1, 0.15) is 11.1 Å². The van der Waals surface area contributed by atoms with Crippen molar-refractivity contribution in [3.05, 3.63) is 52.3 Å². The number of hydrogen-bond acceptors (Lipinski definition) is 2. The van der Waals surface area contributed by atoms with E-state index in [1.807, 2.05) is 34.8 Å². The van der Waals surface area contributed by atoms with Crippen molar-refractivity contribution in [2.24, 2.45) is 7.05 Å². The summed E-state index contributed by atoms with van der Waals surface area (Å²) in [5.41, 5.74) is 1.64. The molecule has 1 aromatic carbocycles. The molecule has 22 heavy (non-hydrogen) atoms. The highest BCUT2D eigenvalue weighted by molar-refractivity contribution is 7.99. The van der Waals surface area contributed by atoms with E-state index in [9.17, 15) is 4.79 Å². The van der Waals surface area contributed by atoms with Gasteiger partial charge in [0.2, 0.25) is 0 Å². The van der Waals surface area contributed by atoms with Crippen LogP contribution in [-0.4, -0.2) is 27.8 Å². The van der Waals surface area contributed by atoms with Gasteiger partial charge in [0.1, 0.15) is 5.37 Å². The Balaban J connectivity index is 1.79. The number of urea groups is 1. The summed E-state index contributed by atoms with van der Waals surface area (Å²) in [5, 5.41) is 3.65. The normalized spacial score (nSPS) is 17.8. The largest absolute Gasteiger partial charge is 0.352 e. The van der Waals surface area contributed by atoms with E-state index < -0.39 is 0 Å². The summed E-state index contributed by atoms with van der Waals surface area (Å²) in [6.45, 7) is 0.699. The molecule has 1 aliphatic rings. The van der Waals surface area contributed by atoms with Gasteiger partial charge in [-0.3, -0.25) is 0 Å². The standard InChI is InChI=1S/C15H15Cl2N3OS/c1-19-7-3-6-12(19)14-20(8-9-22-14)15(21)18-11-5-2-4-10(16)13(11)17/h2-7,14H,8-9H2,1H3,(H,18,21). The summed E-state index contributed by atoms with van der Waals surface area (Å²) < 4.78 is 2.04. The second-order valence-electron chi connectivity index (χ2n) is 4.99. The van der Waals surface area contributed by atoms with E-state index in [0.717, 1.165) is 11.4 Å². The van der Waals surface area contributed by atoms with Gasteiger partial charge in [0.25, 0.3) is 0 Å². The molecule has 0 radical (unpaired) electrons. The lowest BCUT2D eigenvalue weighted by molar-refractivity contribution is 0.213. The summed E-state index contributed by atoms with van der Waals surface area (Å²) in [7, 11) is 1.98. The molecule has 2 aromatic rings. The third-order valence-corrected chi connectivity index (χ3v) is 5.63. The minimum absolute atomic E-state index is 0.0120. The molecule has 1 fully saturated rings. The van der Waals surface area contributed by atoms with Gasteiger partial charge in [0.05, 0.1) is 21.4 Å². The molecule has 1 atom stereocenters. The average Bonchev–Trinajstić information content (AvgIpc) is 3.12. The smallest absolute Gasteiger partial charge is 0.323 e. The fourth-order valence-corrected chi connectivity index (χ4v) is 4.11. The Kier molecular flexibility index (Phi) is 4.57. The van der Waals surface area contributed by atoms with Gasteiger partial charge in [0, 0.05) is 25.5 Å². The predicted molar refractivity (Wildman–Crippen MR) is 92.8 cm³/mol. The van der Waals surface area contributed by atoms with Crippen molar-refractivity contribution in [2.75, 3.05) is 17.6 Å². The fraction of sp³-hybridized carbons (Fsp3) is 0.267. The number of aromatic nitrogens is 1. The lowest BCUT2D eigenvalue weighted by Gasteiger charge is -2.25. The average molecular weight is 356 g/mol. The van der Waals surface area contributed by atoms with Crippen molar-refractivity contribution in [1.29, 1.82) is 0 Å². The van der Waals surface area contributed by atoms with E-state index in [-0.39, 0.29) is 11.4 Å². The van der Waals surface area contributed by atoms with Crippen LogP contribution in [-0.2, 0) is 7.05 Å². The molecule has 3 rings (SSSR count). The Morgan fingerprint density at radius 1 is 1.32 bits per heavy atom. The number of rotatable bonds is 2. The minimum Gasteiger partial charge on any atom is -0.352 e. The molecule has 0 bridgehead atoms. The van der Waals surface area contributed by atoms with Crippen LogP contribution in [0.15, 0.2) is 36.5 Å². The van der Waals surface area contributed by atoms with Crippen LogP contribution in [0.3, 0.4) is 0 Å². The van der Waals surface area contributed by atoms with Crippen molar-refractivity contribution >= 4 is 46.7 Å². The Labute approximate surface area is 143 Å². The van der Waals surface area contributed by atoms with Crippen LogP contribution in [0.4, 0.5) is 10.5 Å². The molecule has 7 heteroatoms. The number of amides is 2. The summed E-state index contributed by atoms with van der Waals surface area (Å²) in [6.07, 6.45) is 1.98. The number of benzene rings is 1. The summed E-state index contributed by atoms with van der Waals surface area (Å²) >= 11 is 13.9. The second kappa shape index (κ2) is 6.44. The molecule has 1 N–H and O–H groups in total. The molecule has 0 spiro atoms. The monoisotopic (exact) mass is 355 g/mol. The highest BCUT2D eigenvalue weighted by Gasteiger charge is 2.32. The quantitative estimate of drug-likeness (QED) is 0.853. The van der Waals surface area contributed by atoms with Crippen molar-refractivity contribution < 1.29 is 4.79 Å². The number of carbonyl (C=O) groups excluding carboxylic acids is 1. The Bertz CT molecular complexity index is 704. The summed E-state index contributed by atoms with van der Waals surface area (Å²) in [6, 6.07) is 9.05. The molecule has 2 heterocycles. The summed E-state index contributed by atoms with van der Waals surface area (Å²) in [4.78, 5) is 14.4. The first-order valence-electron chi connectivity index (χ1n) is 6.82. The van der Waals surface area contributed by atoms with Crippen LogP contribution < -0.4 is 5.32 Å². The highest BCUT2D eigenvalue weighted by Crippen LogP contribution is 2.38. The number of anilines is 1. The maximum atomic E-state index is 12.6. The van der Waals surface area contributed by atoms with E-state index in [4.69, 9.17) is 23.2 Å². The van der Waals surface area contributed by atoms with Crippen LogP contribution in [0.2, 0.25) is 10.0 Å². The number of thioether (sulfide) groups is 1. The molecule has 0 saturated carbocycles. The molecule has 2 amide bonds. The second-order valence-corrected chi connectivity index (χ2v) is 6.97. The number of carbonyl (C=O) groups is 1. The Morgan fingerprint density at radius 2 is 2.14 bits per heavy atom. The van der Waals surface area contributed by atoms with Crippen molar-refractivity contribution in [3.63, 3.8) is 0 Å². The van der Waals surface area contributed by atoms with E-state index in [1.54, 1.807) is 30.0 Å². The fourth-order valence-electron chi connectivity index (χ4n) is 2.44. The first-order chi connectivity index (χ1) is 10.6. The van der Waals surface area contributed by atoms with Crippen molar-refractivity contribution in [1.82, 2.24) is 9.47 Å². The number of nitrogens with one attached hydrogen (secondary N) is 1. The Hall–Kier alpha value is -1.30. The van der Waals surface area contributed by atoms with Gasteiger partial charge >= 0.3 is 6.03 Å². The summed E-state index contributed by atoms with van der Waals surface area (Å²) in [5.74, 6) is 0.909. The van der Waals surface area contributed by atoms with Gasteiger partial charge in [0.15, 0.2) is 0 Å². The van der Waals surface area contributed by atoms with Gasteiger partial charge in [-0.1, -0.05) is 29.3 Å². The van der Waals surface area contributed by atoms with Gasteiger partial charge < -0.3 is 14.8 Å². The first kappa shape index (κ1) is 15.6. The zero-order valence-electron chi connectivity index (χ0n) is 11.9. The predicted octanol–water partition coefficient (Wildman–Crippen LogP) is 4.61. The van der Waals surface area contributed by atoms with Crippen LogP contribution >= 0.6 is 35.0 Å². The van der Waals surface area contributed by atoms with E-state index in [1.165, 1.54) is 0 Å². The minimum atomic E-state index is -0.166. The zero-order valence-corrected chi connectivity index (χ0v) is 14.3. The van der Waals surface area contributed by atoms with Gasteiger partial charge in [-0.25, -0.2) is 4.79 Å². The third-order valence-electron chi connectivity index (χ3n) is 3.58. The first-order valence-corrected chi connectivity index (χ1v) is 8.63. The van der Waals surface area contributed by atoms with Crippen molar-refractivity contribution in [3.8, 4) is 0 Å². The molecule has 0 aliphatic carbocycles. The molecule has 4 nitrogen and oxygen atoms in total.